The van der Waals surface area contributed by atoms with Crippen molar-refractivity contribution in [3.63, 3.8) is 0 Å². The van der Waals surface area contributed by atoms with E-state index in [1.165, 1.54) is 13.0 Å². The summed E-state index contributed by atoms with van der Waals surface area (Å²) in [5.41, 5.74) is 0.245. The van der Waals surface area contributed by atoms with Crippen LogP contribution in [0.4, 0.5) is 5.69 Å². The molecular formula is C30H32N4O6S2. The molecule has 3 aromatic rings. The van der Waals surface area contributed by atoms with Crippen molar-refractivity contribution in [1.29, 1.82) is 5.26 Å². The van der Waals surface area contributed by atoms with Gasteiger partial charge in [0.15, 0.2) is 9.84 Å². The minimum atomic E-state index is -3.82. The first-order valence-corrected chi connectivity index (χ1v) is 16.5. The van der Waals surface area contributed by atoms with Crippen molar-refractivity contribution in [2.45, 2.75) is 50.2 Å². The maximum absolute atomic E-state index is 13.6. The van der Waals surface area contributed by atoms with Crippen molar-refractivity contribution >= 4 is 37.2 Å². The summed E-state index contributed by atoms with van der Waals surface area (Å²) in [6.07, 6.45) is -0.114. The minimum Gasteiger partial charge on any atom is -0.377 e. The average Bonchev–Trinajstić information content (AvgIpc) is 3.37. The summed E-state index contributed by atoms with van der Waals surface area (Å²) < 4.78 is 54.1. The maximum Gasteiger partial charge on any atom is 0.272 e. The average molecular weight is 609 g/mol. The molecule has 0 bridgehead atoms. The Kier molecular flexibility index (Phi) is 8.59. The summed E-state index contributed by atoms with van der Waals surface area (Å²) in [5.74, 6) is -1.47. The first-order valence-electron chi connectivity index (χ1n) is 13.2. The topological polar surface area (TPSA) is 155 Å². The second kappa shape index (κ2) is 11.7. The Labute approximate surface area is 246 Å². The molecule has 2 N–H and O–H groups in total. The van der Waals surface area contributed by atoms with E-state index in [0.29, 0.717) is 33.7 Å². The van der Waals surface area contributed by atoms with Crippen LogP contribution in [-0.2, 0) is 29.5 Å². The third-order valence-corrected chi connectivity index (χ3v) is 10.1. The van der Waals surface area contributed by atoms with Crippen LogP contribution in [0.25, 0.3) is 11.1 Å². The smallest absolute Gasteiger partial charge is 0.272 e. The number of nitrogens with zero attached hydrogens (tertiary/aromatic N) is 2. The predicted molar refractivity (Wildman–Crippen MR) is 161 cm³/mol. The van der Waals surface area contributed by atoms with Gasteiger partial charge in [0.25, 0.3) is 5.91 Å². The Bertz CT molecular complexity index is 1790. The van der Waals surface area contributed by atoms with Gasteiger partial charge < -0.3 is 10.2 Å². The zero-order chi connectivity index (χ0) is 30.8. The number of sulfone groups is 1. The summed E-state index contributed by atoms with van der Waals surface area (Å²) in [7, 11) is -7.49. The SMILES string of the molecule is CCS(=O)(=O)CC1(C(=O)Nc2ccc(-c3ccccc3S(=O)(=O)NC(C)(C)C)cc2)CC(c2cccc(C#N)c2)=NO1. The van der Waals surface area contributed by atoms with Crippen LogP contribution in [0.5, 0.6) is 0 Å². The fraction of sp³-hybridized carbons (Fsp3) is 0.300. The van der Waals surface area contributed by atoms with Gasteiger partial charge in [0, 0.05) is 34.5 Å². The molecule has 0 saturated carbocycles. The molecule has 12 heteroatoms. The Balaban J connectivity index is 1.60. The van der Waals surface area contributed by atoms with Crippen LogP contribution in [0.15, 0.2) is 82.8 Å². The molecule has 1 unspecified atom stereocenters. The first-order chi connectivity index (χ1) is 19.7. The van der Waals surface area contributed by atoms with Crippen molar-refractivity contribution < 1.29 is 26.5 Å². The van der Waals surface area contributed by atoms with Gasteiger partial charge in [0.05, 0.1) is 22.2 Å². The molecule has 0 aromatic heterocycles. The van der Waals surface area contributed by atoms with Crippen molar-refractivity contribution in [3.05, 3.63) is 83.9 Å². The fourth-order valence-electron chi connectivity index (χ4n) is 4.50. The van der Waals surface area contributed by atoms with Crippen molar-refractivity contribution in [2.75, 3.05) is 16.8 Å². The number of hydrogen-bond donors (Lipinski definition) is 2. The summed E-state index contributed by atoms with van der Waals surface area (Å²) in [6.45, 7) is 6.76. The highest BCUT2D eigenvalue weighted by molar-refractivity contribution is 7.91. The molecule has 1 amide bonds. The number of sulfonamides is 1. The molecule has 3 aromatic carbocycles. The molecule has 0 saturated heterocycles. The number of benzene rings is 3. The molecule has 0 aliphatic carbocycles. The van der Waals surface area contributed by atoms with E-state index in [4.69, 9.17) is 4.84 Å². The van der Waals surface area contributed by atoms with Gasteiger partial charge >= 0.3 is 0 Å². The second-order valence-electron chi connectivity index (χ2n) is 11.1. The molecule has 0 spiro atoms. The van der Waals surface area contributed by atoms with Gasteiger partial charge in [-0.15, -0.1) is 0 Å². The zero-order valence-corrected chi connectivity index (χ0v) is 25.3. The normalized spacial score (nSPS) is 17.2. The number of oxime groups is 1. The summed E-state index contributed by atoms with van der Waals surface area (Å²) in [6, 6.07) is 21.8. The van der Waals surface area contributed by atoms with Crippen molar-refractivity contribution in [1.82, 2.24) is 4.72 Å². The van der Waals surface area contributed by atoms with E-state index in [1.54, 1.807) is 87.5 Å². The van der Waals surface area contributed by atoms with Crippen LogP contribution in [0.2, 0.25) is 0 Å². The summed E-state index contributed by atoms with van der Waals surface area (Å²) >= 11 is 0. The molecular weight excluding hydrogens is 576 g/mol. The minimum absolute atomic E-state index is 0.114. The van der Waals surface area contributed by atoms with Gasteiger partial charge in [0.2, 0.25) is 15.6 Å². The Hall–Kier alpha value is -4.05. The van der Waals surface area contributed by atoms with Crippen LogP contribution in [0.1, 0.15) is 45.2 Å². The number of nitriles is 1. The van der Waals surface area contributed by atoms with Crippen LogP contribution in [-0.4, -0.2) is 51.1 Å². The van der Waals surface area contributed by atoms with Crippen molar-refractivity contribution in [2.24, 2.45) is 5.16 Å². The lowest BCUT2D eigenvalue weighted by Gasteiger charge is -2.25. The number of carbonyl (C=O) groups excluding carboxylic acids is 1. The molecule has 0 radical (unpaired) electrons. The number of rotatable bonds is 9. The van der Waals surface area contributed by atoms with E-state index in [0.717, 1.165) is 0 Å². The van der Waals surface area contributed by atoms with Gasteiger partial charge in [-0.05, 0) is 56.7 Å². The number of carbonyl (C=O) groups is 1. The number of amides is 1. The van der Waals surface area contributed by atoms with Gasteiger partial charge in [0.1, 0.15) is 5.75 Å². The Morgan fingerprint density at radius 2 is 1.69 bits per heavy atom. The van der Waals surface area contributed by atoms with E-state index in [-0.39, 0.29) is 17.1 Å². The van der Waals surface area contributed by atoms with E-state index >= 15 is 0 Å². The highest BCUT2D eigenvalue weighted by atomic mass is 32.2. The first kappa shape index (κ1) is 30.9. The van der Waals surface area contributed by atoms with Crippen LogP contribution >= 0.6 is 0 Å². The van der Waals surface area contributed by atoms with Gasteiger partial charge in [-0.2, -0.15) is 5.26 Å². The maximum atomic E-state index is 13.6. The quantitative estimate of drug-likeness (QED) is 0.368. The molecule has 4 rings (SSSR count). The molecule has 1 aliphatic rings. The van der Waals surface area contributed by atoms with E-state index in [9.17, 15) is 26.9 Å². The van der Waals surface area contributed by atoms with Gasteiger partial charge in [-0.25, -0.2) is 21.6 Å². The third-order valence-electron chi connectivity index (χ3n) is 6.49. The second-order valence-corrected chi connectivity index (χ2v) is 15.1. The number of anilines is 1. The molecule has 0 fully saturated rings. The molecule has 1 aliphatic heterocycles. The lowest BCUT2D eigenvalue weighted by Crippen LogP contribution is -2.49. The van der Waals surface area contributed by atoms with E-state index in [2.05, 4.69) is 15.2 Å². The predicted octanol–water partition coefficient (Wildman–Crippen LogP) is 4.24. The summed E-state index contributed by atoms with van der Waals surface area (Å²) in [5, 5.41) is 16.0. The fourth-order valence-corrected chi connectivity index (χ4v) is 7.35. The monoisotopic (exact) mass is 608 g/mol. The highest BCUT2D eigenvalue weighted by Crippen LogP contribution is 2.32. The number of nitrogens with one attached hydrogen (secondary N) is 2. The molecule has 220 valence electrons. The lowest BCUT2D eigenvalue weighted by atomic mass is 9.94. The third kappa shape index (κ3) is 7.05. The zero-order valence-electron chi connectivity index (χ0n) is 23.7. The van der Waals surface area contributed by atoms with E-state index < -0.39 is 42.7 Å². The van der Waals surface area contributed by atoms with Crippen molar-refractivity contribution in [3.8, 4) is 17.2 Å². The van der Waals surface area contributed by atoms with Gasteiger partial charge in [-0.3, -0.25) is 4.79 Å². The standard InChI is InChI=1S/C30H32N4O6S2/c1-5-41(36,37)20-30(18-26(33-40-30)23-10-8-9-21(17-23)19-31)28(35)32-24-15-13-22(14-16-24)25-11-6-7-12-27(25)42(38,39)34-29(2,3)4/h6-17,34H,5,18,20H2,1-4H3,(H,32,35). The molecule has 1 heterocycles. The number of hydrogen-bond acceptors (Lipinski definition) is 8. The Morgan fingerprint density at radius 3 is 2.33 bits per heavy atom. The molecule has 10 nitrogen and oxygen atoms in total. The molecule has 1 atom stereocenters. The van der Waals surface area contributed by atoms with Crippen LogP contribution in [0.3, 0.4) is 0 Å². The van der Waals surface area contributed by atoms with Crippen LogP contribution in [0, 0.1) is 11.3 Å². The van der Waals surface area contributed by atoms with Crippen LogP contribution < -0.4 is 10.0 Å². The Morgan fingerprint density at radius 1 is 1.00 bits per heavy atom. The highest BCUT2D eigenvalue weighted by Gasteiger charge is 2.50. The largest absolute Gasteiger partial charge is 0.377 e. The molecule has 42 heavy (non-hydrogen) atoms. The van der Waals surface area contributed by atoms with Gasteiger partial charge in [-0.1, -0.05) is 54.5 Å². The summed E-state index contributed by atoms with van der Waals surface area (Å²) in [4.78, 5) is 19.3. The lowest BCUT2D eigenvalue weighted by molar-refractivity contribution is -0.135. The van der Waals surface area contributed by atoms with E-state index in [1.807, 2.05) is 6.07 Å².